The van der Waals surface area contributed by atoms with Crippen LogP contribution in [-0.4, -0.2) is 29.3 Å². The van der Waals surface area contributed by atoms with E-state index in [2.05, 4.69) is 37.0 Å². The number of nitro benzene ring substituents is 3. The Morgan fingerprint density at radius 2 is 1.49 bits per heavy atom. The first-order valence-electron chi connectivity index (χ1n) is 9.60. The molecule has 0 unspecified atom stereocenters. The molecule has 0 atom stereocenters. The number of hydrogen-bond acceptors (Lipinski definition) is 8. The summed E-state index contributed by atoms with van der Waals surface area (Å²) in [6.45, 7) is 4.15. The molecule has 0 aliphatic rings. The molecule has 14 heteroatoms. The molecule has 4 aromatic rings. The fourth-order valence-electron chi connectivity index (χ4n) is 3.14. The molecule has 0 saturated heterocycles. The van der Waals surface area contributed by atoms with Crippen molar-refractivity contribution in [3.8, 4) is 17.0 Å². The van der Waals surface area contributed by atoms with Gasteiger partial charge in [0.25, 0.3) is 11.4 Å². The molecular formula is C21H15Cl2N5O7. The van der Waals surface area contributed by atoms with Crippen LogP contribution in [0.15, 0.2) is 48.8 Å². The summed E-state index contributed by atoms with van der Waals surface area (Å²) in [6.07, 6.45) is 3.76. The summed E-state index contributed by atoms with van der Waals surface area (Å²) in [5, 5.41) is 41.4. The first-order chi connectivity index (χ1) is 16.4. The van der Waals surface area contributed by atoms with Gasteiger partial charge in [-0.1, -0.05) is 40.9 Å². The maximum absolute atomic E-state index is 10.4. The number of fused-ring (bicyclic) bond motifs is 1. The molecule has 0 radical (unpaired) electrons. The van der Waals surface area contributed by atoms with Gasteiger partial charge >= 0.3 is 11.4 Å². The van der Waals surface area contributed by atoms with Gasteiger partial charge in [-0.25, -0.2) is 4.98 Å². The minimum Gasteiger partial charge on any atom is -0.497 e. The summed E-state index contributed by atoms with van der Waals surface area (Å²) >= 11 is 12.2. The lowest BCUT2D eigenvalue weighted by Crippen LogP contribution is -1.97. The highest BCUT2D eigenvalue weighted by atomic mass is 35.5. The number of aryl methyl sites for hydroxylation is 2. The van der Waals surface area contributed by atoms with E-state index in [9.17, 15) is 30.3 Å². The standard InChI is InChI=1S/C15H12Cl2N2.C6H3N3O7/c1-9-3-4-10(2)12(5-9)14-8-19-7-11(16)6-13(17)15(19)18-14;10-6-4(8(13)14)1-3(7(11)12)2-5(6)9(15)16/h3-8H,1-2H3;1-2,10H. The number of pyridine rings is 1. The molecule has 0 aliphatic heterocycles. The molecule has 0 amide bonds. The molecule has 2 heterocycles. The number of halogens is 2. The van der Waals surface area contributed by atoms with Crippen molar-refractivity contribution >= 4 is 45.9 Å². The highest BCUT2D eigenvalue weighted by Crippen LogP contribution is 2.39. The Bertz CT molecular complexity index is 1470. The Balaban J connectivity index is 0.000000199. The summed E-state index contributed by atoms with van der Waals surface area (Å²) in [5.41, 5.74) is 2.15. The Hall–Kier alpha value is -4.29. The summed E-state index contributed by atoms with van der Waals surface area (Å²) in [6, 6.07) is 8.93. The number of imidazole rings is 1. The van der Waals surface area contributed by atoms with E-state index >= 15 is 0 Å². The number of phenolic OH excluding ortho intramolecular Hbond substituents is 1. The van der Waals surface area contributed by atoms with Crippen molar-refractivity contribution in [3.63, 3.8) is 0 Å². The average Bonchev–Trinajstić information content (AvgIpc) is 3.19. The predicted molar refractivity (Wildman–Crippen MR) is 128 cm³/mol. The van der Waals surface area contributed by atoms with Crippen LogP contribution < -0.4 is 0 Å². The molecule has 35 heavy (non-hydrogen) atoms. The van der Waals surface area contributed by atoms with Crippen LogP contribution in [0.5, 0.6) is 5.75 Å². The number of nitrogens with zero attached hydrogens (tertiary/aromatic N) is 5. The average molecular weight is 520 g/mol. The Morgan fingerprint density at radius 1 is 0.886 bits per heavy atom. The number of non-ortho nitro benzene ring substituents is 1. The van der Waals surface area contributed by atoms with Crippen molar-refractivity contribution < 1.29 is 19.9 Å². The van der Waals surface area contributed by atoms with Gasteiger partial charge in [0.2, 0.25) is 0 Å². The van der Waals surface area contributed by atoms with E-state index < -0.39 is 37.6 Å². The second-order valence-electron chi connectivity index (χ2n) is 7.29. The van der Waals surface area contributed by atoms with Gasteiger partial charge < -0.3 is 9.51 Å². The highest BCUT2D eigenvalue weighted by molar-refractivity contribution is 6.36. The van der Waals surface area contributed by atoms with Crippen LogP contribution in [-0.2, 0) is 0 Å². The fraction of sp³-hybridized carbons (Fsp3) is 0.0952. The normalized spacial score (nSPS) is 10.5. The summed E-state index contributed by atoms with van der Waals surface area (Å²) in [4.78, 5) is 32.4. The lowest BCUT2D eigenvalue weighted by Gasteiger charge is -2.03. The molecule has 2 aromatic heterocycles. The van der Waals surface area contributed by atoms with Crippen molar-refractivity contribution in [2.24, 2.45) is 0 Å². The molecule has 0 fully saturated rings. The quantitative estimate of drug-likeness (QED) is 0.251. The van der Waals surface area contributed by atoms with Crippen molar-refractivity contribution in [1.82, 2.24) is 9.38 Å². The van der Waals surface area contributed by atoms with Gasteiger partial charge in [0.15, 0.2) is 5.65 Å². The van der Waals surface area contributed by atoms with Gasteiger partial charge in [-0.15, -0.1) is 0 Å². The van der Waals surface area contributed by atoms with Crippen molar-refractivity contribution in [2.75, 3.05) is 0 Å². The van der Waals surface area contributed by atoms with E-state index in [1.165, 1.54) is 11.1 Å². The van der Waals surface area contributed by atoms with Crippen LogP contribution in [0.25, 0.3) is 16.9 Å². The molecule has 0 saturated carbocycles. The molecule has 12 nitrogen and oxygen atoms in total. The third kappa shape index (κ3) is 5.45. The first kappa shape index (κ1) is 25.3. The van der Waals surface area contributed by atoms with E-state index in [1.54, 1.807) is 6.07 Å². The summed E-state index contributed by atoms with van der Waals surface area (Å²) in [5.74, 6) is -1.21. The lowest BCUT2D eigenvalue weighted by molar-refractivity contribution is -0.404. The minimum absolute atomic E-state index is 0.447. The number of phenols is 1. The van der Waals surface area contributed by atoms with E-state index in [-0.39, 0.29) is 0 Å². The second kappa shape index (κ2) is 9.91. The molecule has 2 aromatic carbocycles. The van der Waals surface area contributed by atoms with Gasteiger partial charge in [-0.3, -0.25) is 30.3 Å². The zero-order chi connectivity index (χ0) is 26.0. The van der Waals surface area contributed by atoms with E-state index in [1.807, 2.05) is 16.8 Å². The molecular weight excluding hydrogens is 505 g/mol. The topological polar surface area (TPSA) is 167 Å². The Morgan fingerprint density at radius 3 is 2.03 bits per heavy atom. The number of hydrogen-bond donors (Lipinski definition) is 1. The number of nitro groups is 3. The van der Waals surface area contributed by atoms with Crippen LogP contribution in [0.4, 0.5) is 17.1 Å². The SMILES string of the molecule is Cc1ccc(C)c(-c2cn3cc(Cl)cc(Cl)c3n2)c1.O=[N+]([O-])c1cc([N+](=O)[O-])c(O)c([N+](=O)[O-])c1. The second-order valence-corrected chi connectivity index (χ2v) is 8.13. The van der Waals surface area contributed by atoms with E-state index in [4.69, 9.17) is 28.3 Å². The van der Waals surface area contributed by atoms with Crippen LogP contribution in [0.1, 0.15) is 11.1 Å². The van der Waals surface area contributed by atoms with E-state index in [0.29, 0.717) is 22.2 Å². The number of aromatic hydroxyl groups is 1. The maximum atomic E-state index is 10.4. The predicted octanol–water partition coefficient (Wildman–Crippen LogP) is 6.04. The summed E-state index contributed by atoms with van der Waals surface area (Å²) in [7, 11) is 0. The van der Waals surface area contributed by atoms with Crippen LogP contribution in [0.2, 0.25) is 10.0 Å². The maximum Gasteiger partial charge on any atom is 0.324 e. The third-order valence-corrected chi connectivity index (χ3v) is 5.29. The molecule has 0 aliphatic carbocycles. The zero-order valence-corrected chi connectivity index (χ0v) is 19.5. The molecule has 180 valence electrons. The number of rotatable bonds is 4. The van der Waals surface area contributed by atoms with Crippen LogP contribution in [0.3, 0.4) is 0 Å². The van der Waals surface area contributed by atoms with Crippen LogP contribution >= 0.6 is 23.2 Å². The third-order valence-electron chi connectivity index (χ3n) is 4.80. The van der Waals surface area contributed by atoms with Gasteiger partial charge in [0.05, 0.1) is 42.6 Å². The first-order valence-corrected chi connectivity index (χ1v) is 10.4. The van der Waals surface area contributed by atoms with Crippen molar-refractivity contribution in [3.05, 3.63) is 100 Å². The van der Waals surface area contributed by atoms with E-state index in [0.717, 1.165) is 16.9 Å². The van der Waals surface area contributed by atoms with Gasteiger partial charge in [-0.05, 0) is 31.5 Å². The smallest absolute Gasteiger partial charge is 0.324 e. The zero-order valence-electron chi connectivity index (χ0n) is 18.0. The Kier molecular flexibility index (Phi) is 7.17. The molecule has 1 N–H and O–H groups in total. The monoisotopic (exact) mass is 519 g/mol. The lowest BCUT2D eigenvalue weighted by atomic mass is 10.0. The largest absolute Gasteiger partial charge is 0.497 e. The molecule has 0 spiro atoms. The van der Waals surface area contributed by atoms with Crippen molar-refractivity contribution in [1.29, 1.82) is 0 Å². The summed E-state index contributed by atoms with van der Waals surface area (Å²) < 4.78 is 1.86. The number of aromatic nitrogens is 2. The van der Waals surface area contributed by atoms with Crippen LogP contribution in [0, 0.1) is 44.2 Å². The molecule has 4 rings (SSSR count). The minimum atomic E-state index is -1.21. The number of benzene rings is 2. The van der Waals surface area contributed by atoms with Gasteiger partial charge in [0.1, 0.15) is 0 Å². The Labute approximate surface area is 206 Å². The van der Waals surface area contributed by atoms with Crippen molar-refractivity contribution in [2.45, 2.75) is 13.8 Å². The highest BCUT2D eigenvalue weighted by Gasteiger charge is 2.30. The fourth-order valence-corrected chi connectivity index (χ4v) is 3.67. The van der Waals surface area contributed by atoms with Gasteiger partial charge in [-0.2, -0.15) is 0 Å². The van der Waals surface area contributed by atoms with Gasteiger partial charge in [0, 0.05) is 18.0 Å². The molecule has 0 bridgehead atoms.